The summed E-state index contributed by atoms with van der Waals surface area (Å²) in [5, 5.41) is 2.67. The largest absolute Gasteiger partial charge is 0.464 e. The molecule has 2 aliphatic carbocycles. The molecule has 1 atom stereocenters. The van der Waals surface area contributed by atoms with E-state index < -0.39 is 29.8 Å². The van der Waals surface area contributed by atoms with E-state index >= 15 is 0 Å². The Morgan fingerprint density at radius 3 is 2.52 bits per heavy atom. The number of imidazole rings is 1. The maximum Gasteiger partial charge on any atom is 0.418 e. The molecule has 4 heterocycles. The zero-order valence-electron chi connectivity index (χ0n) is 28.1. The Kier molecular flexibility index (Phi) is 10.1. The summed E-state index contributed by atoms with van der Waals surface area (Å²) < 4.78 is 66.9. The molecule has 11 nitrogen and oxygen atoms in total. The Labute approximate surface area is 286 Å². The van der Waals surface area contributed by atoms with Gasteiger partial charge in [0.05, 0.1) is 35.9 Å². The fourth-order valence-corrected chi connectivity index (χ4v) is 6.75. The standard InChI is InChI=1S/C35H39F4N7O4/c1-4-50-32(48)24(36)13-20-7-10-25(40-16-20)31(47)45-33-43-29-27(46(2)18-34(19-49-3)11-5-6-12-34)15-26(42-30(29)44-33)22-14-23(35(37,38)39)28(41-17-22)21-8-9-21/h7,10,14-17,21,24H,4-6,8-9,11-13,18-19H2,1-3H3,(H2,42,43,44,45,47). The number of nitrogens with zero attached hydrogens (tertiary/aromatic N) is 5. The van der Waals surface area contributed by atoms with Crippen LogP contribution in [-0.2, 0) is 26.9 Å². The Hall–Kier alpha value is -4.66. The molecule has 0 bridgehead atoms. The third-order valence-corrected chi connectivity index (χ3v) is 9.27. The highest BCUT2D eigenvalue weighted by atomic mass is 19.4. The van der Waals surface area contributed by atoms with Crippen molar-refractivity contribution in [3.8, 4) is 11.3 Å². The number of pyridine rings is 3. The second-order valence-electron chi connectivity index (χ2n) is 13.2. The average molecular weight is 698 g/mol. The molecule has 0 spiro atoms. The Morgan fingerprint density at radius 1 is 1.12 bits per heavy atom. The lowest BCUT2D eigenvalue weighted by Gasteiger charge is -2.34. The molecule has 50 heavy (non-hydrogen) atoms. The number of methoxy groups -OCH3 is 1. The fourth-order valence-electron chi connectivity index (χ4n) is 6.75. The number of rotatable bonds is 13. The number of anilines is 2. The summed E-state index contributed by atoms with van der Waals surface area (Å²) >= 11 is 0. The van der Waals surface area contributed by atoms with Gasteiger partial charge in [0.25, 0.3) is 5.91 Å². The van der Waals surface area contributed by atoms with E-state index in [0.29, 0.717) is 42.8 Å². The van der Waals surface area contributed by atoms with Crippen molar-refractivity contribution in [1.29, 1.82) is 0 Å². The molecule has 4 aromatic heterocycles. The molecule has 0 saturated heterocycles. The quantitative estimate of drug-likeness (QED) is 0.116. The van der Waals surface area contributed by atoms with Gasteiger partial charge in [0.2, 0.25) is 12.1 Å². The van der Waals surface area contributed by atoms with Crippen molar-refractivity contribution >= 4 is 34.7 Å². The lowest BCUT2D eigenvalue weighted by Crippen LogP contribution is -2.37. The van der Waals surface area contributed by atoms with Crippen LogP contribution in [0.4, 0.5) is 29.2 Å². The molecule has 1 unspecified atom stereocenters. The average Bonchev–Trinajstić information content (AvgIpc) is 3.70. The monoisotopic (exact) mass is 697 g/mol. The van der Waals surface area contributed by atoms with E-state index in [1.54, 1.807) is 20.1 Å². The number of H-pyrrole nitrogens is 1. The minimum absolute atomic E-state index is 0.0102. The van der Waals surface area contributed by atoms with Gasteiger partial charge in [-0.2, -0.15) is 18.2 Å². The first kappa shape index (κ1) is 35.2. The van der Waals surface area contributed by atoms with Gasteiger partial charge in [-0.1, -0.05) is 18.9 Å². The van der Waals surface area contributed by atoms with Crippen molar-refractivity contribution in [3.05, 3.63) is 59.2 Å². The Balaban J connectivity index is 1.32. The lowest BCUT2D eigenvalue weighted by molar-refractivity contribution is -0.149. The molecule has 2 fully saturated rings. The van der Waals surface area contributed by atoms with Gasteiger partial charge in [0.15, 0.2) is 5.65 Å². The van der Waals surface area contributed by atoms with E-state index in [9.17, 15) is 27.2 Å². The van der Waals surface area contributed by atoms with Crippen LogP contribution in [0.2, 0.25) is 0 Å². The third kappa shape index (κ3) is 7.72. The van der Waals surface area contributed by atoms with E-state index in [4.69, 9.17) is 9.47 Å². The van der Waals surface area contributed by atoms with E-state index in [1.807, 2.05) is 11.9 Å². The van der Waals surface area contributed by atoms with Crippen molar-refractivity contribution in [2.75, 3.05) is 44.1 Å². The molecule has 4 aromatic rings. The van der Waals surface area contributed by atoms with Gasteiger partial charge in [-0.15, -0.1) is 0 Å². The number of nitrogens with one attached hydrogen (secondary N) is 2. The number of esters is 1. The number of hydrogen-bond acceptors (Lipinski definition) is 9. The minimum atomic E-state index is -4.58. The van der Waals surface area contributed by atoms with E-state index in [1.165, 1.54) is 24.5 Å². The summed E-state index contributed by atoms with van der Waals surface area (Å²) in [6.45, 7) is 2.82. The highest BCUT2D eigenvalue weighted by Gasteiger charge is 2.40. The normalized spacial score (nSPS) is 16.4. The van der Waals surface area contributed by atoms with Gasteiger partial charge < -0.3 is 19.4 Å². The predicted molar refractivity (Wildman–Crippen MR) is 178 cm³/mol. The summed E-state index contributed by atoms with van der Waals surface area (Å²) in [7, 11) is 3.57. The van der Waals surface area contributed by atoms with Crippen LogP contribution in [0.15, 0.2) is 36.7 Å². The number of hydrogen-bond donors (Lipinski definition) is 2. The third-order valence-electron chi connectivity index (χ3n) is 9.27. The number of carbonyl (C=O) groups is 2. The SMILES string of the molecule is CCOC(=O)C(F)Cc1ccc(C(=O)Nc2nc3nc(-c4cnc(C5CC5)c(C(F)(F)F)c4)cc(N(C)CC4(COC)CCCC4)c3[nH]2)nc1. The summed E-state index contributed by atoms with van der Waals surface area (Å²) in [4.78, 5) is 47.4. The van der Waals surface area contributed by atoms with Crippen molar-refractivity contribution in [1.82, 2.24) is 24.9 Å². The van der Waals surface area contributed by atoms with Gasteiger partial charge in [-0.05, 0) is 56.4 Å². The van der Waals surface area contributed by atoms with Gasteiger partial charge in [0, 0.05) is 56.4 Å². The van der Waals surface area contributed by atoms with Crippen molar-refractivity contribution in [3.63, 3.8) is 0 Å². The van der Waals surface area contributed by atoms with Crippen LogP contribution in [-0.4, -0.2) is 76.9 Å². The maximum atomic E-state index is 14.2. The van der Waals surface area contributed by atoms with Gasteiger partial charge >= 0.3 is 12.1 Å². The zero-order valence-corrected chi connectivity index (χ0v) is 28.1. The van der Waals surface area contributed by atoms with Crippen LogP contribution in [0.1, 0.15) is 78.7 Å². The molecule has 6 rings (SSSR count). The zero-order chi connectivity index (χ0) is 35.6. The summed E-state index contributed by atoms with van der Waals surface area (Å²) in [6.07, 6.45) is 1.47. The second kappa shape index (κ2) is 14.3. The molecule has 2 N–H and O–H groups in total. The molecule has 0 radical (unpaired) electrons. The fraction of sp³-hybridized carbons (Fsp3) is 0.486. The molecule has 15 heteroatoms. The number of aromatic nitrogens is 5. The molecule has 2 aliphatic rings. The van der Waals surface area contributed by atoms with Crippen LogP contribution in [0.25, 0.3) is 22.4 Å². The van der Waals surface area contributed by atoms with Crippen LogP contribution in [0.5, 0.6) is 0 Å². The molecular formula is C35H39F4N7O4. The smallest absolute Gasteiger partial charge is 0.418 e. The summed E-state index contributed by atoms with van der Waals surface area (Å²) in [5.41, 5.74) is 1.33. The first-order valence-electron chi connectivity index (χ1n) is 16.6. The van der Waals surface area contributed by atoms with Crippen LogP contribution in [0, 0.1) is 5.41 Å². The number of carbonyl (C=O) groups excluding carboxylic acids is 2. The first-order valence-corrected chi connectivity index (χ1v) is 16.6. The lowest BCUT2D eigenvalue weighted by atomic mass is 9.86. The van der Waals surface area contributed by atoms with Gasteiger partial charge in [0.1, 0.15) is 11.2 Å². The minimum Gasteiger partial charge on any atom is -0.464 e. The number of aromatic amines is 1. The van der Waals surface area contributed by atoms with E-state index in [0.717, 1.165) is 31.7 Å². The number of halogens is 4. The number of ether oxygens (including phenoxy) is 2. The molecule has 1 amide bonds. The van der Waals surface area contributed by atoms with Gasteiger partial charge in [-0.25, -0.2) is 14.2 Å². The van der Waals surface area contributed by atoms with Crippen LogP contribution >= 0.6 is 0 Å². The van der Waals surface area contributed by atoms with E-state index in [-0.39, 0.29) is 58.6 Å². The summed E-state index contributed by atoms with van der Waals surface area (Å²) in [5.74, 6) is -1.74. The maximum absolute atomic E-state index is 14.2. The second-order valence-corrected chi connectivity index (χ2v) is 13.2. The number of amides is 1. The van der Waals surface area contributed by atoms with Crippen molar-refractivity contribution in [2.45, 2.75) is 70.1 Å². The number of alkyl halides is 4. The van der Waals surface area contributed by atoms with Crippen molar-refractivity contribution in [2.24, 2.45) is 5.41 Å². The highest BCUT2D eigenvalue weighted by molar-refractivity contribution is 6.03. The van der Waals surface area contributed by atoms with E-state index in [2.05, 4.69) is 30.2 Å². The van der Waals surface area contributed by atoms with Crippen LogP contribution < -0.4 is 10.2 Å². The molecule has 0 aliphatic heterocycles. The number of fused-ring (bicyclic) bond motifs is 1. The van der Waals surface area contributed by atoms with Gasteiger partial charge in [-0.3, -0.25) is 20.1 Å². The molecule has 266 valence electrons. The highest BCUT2D eigenvalue weighted by Crippen LogP contribution is 2.46. The topological polar surface area (TPSA) is 135 Å². The molecule has 0 aromatic carbocycles. The Bertz CT molecular complexity index is 1850. The summed E-state index contributed by atoms with van der Waals surface area (Å²) in [6, 6.07) is 5.70. The van der Waals surface area contributed by atoms with Crippen LogP contribution in [0.3, 0.4) is 0 Å². The molecule has 2 saturated carbocycles. The van der Waals surface area contributed by atoms with Crippen molar-refractivity contribution < 1.29 is 36.6 Å². The Morgan fingerprint density at radius 2 is 1.88 bits per heavy atom. The first-order chi connectivity index (χ1) is 23.9. The predicted octanol–water partition coefficient (Wildman–Crippen LogP) is 6.65. The molecular weight excluding hydrogens is 658 g/mol.